The molecular formula is C9H19NO2. The zero-order chi connectivity index (χ0) is 9.03. The highest BCUT2D eigenvalue weighted by atomic mass is 16.5. The molecule has 1 aliphatic rings. The molecule has 0 spiro atoms. The van der Waals surface area contributed by atoms with Gasteiger partial charge in [-0.15, -0.1) is 0 Å². The van der Waals surface area contributed by atoms with Gasteiger partial charge in [-0.2, -0.15) is 0 Å². The Labute approximate surface area is 74.4 Å². The lowest BCUT2D eigenvalue weighted by atomic mass is 10.2. The van der Waals surface area contributed by atoms with Crippen molar-refractivity contribution in [3.63, 3.8) is 0 Å². The highest BCUT2D eigenvalue weighted by Gasteiger charge is 2.17. The van der Waals surface area contributed by atoms with Crippen LogP contribution >= 0.6 is 0 Å². The Kier molecular flexibility index (Phi) is 3.50. The molecule has 0 aliphatic carbocycles. The number of hydrogen-bond donors (Lipinski definition) is 1. The first-order valence-electron chi connectivity index (χ1n) is 4.53. The minimum atomic E-state index is -0.0425. The Morgan fingerprint density at radius 1 is 1.50 bits per heavy atom. The van der Waals surface area contributed by atoms with E-state index in [9.17, 15) is 0 Å². The summed E-state index contributed by atoms with van der Waals surface area (Å²) < 4.78 is 10.9. The van der Waals surface area contributed by atoms with Crippen molar-refractivity contribution in [1.82, 2.24) is 5.32 Å². The minimum Gasteiger partial charge on any atom is -0.378 e. The lowest BCUT2D eigenvalue weighted by Gasteiger charge is -2.27. The van der Waals surface area contributed by atoms with E-state index in [1.807, 2.05) is 0 Å². The van der Waals surface area contributed by atoms with Crippen molar-refractivity contribution in [2.24, 2.45) is 0 Å². The van der Waals surface area contributed by atoms with Crippen molar-refractivity contribution in [2.75, 3.05) is 26.4 Å². The van der Waals surface area contributed by atoms with E-state index < -0.39 is 0 Å². The molecule has 0 aromatic heterocycles. The predicted octanol–water partition coefficient (Wildman–Crippen LogP) is 0.790. The zero-order valence-electron chi connectivity index (χ0n) is 8.22. The maximum absolute atomic E-state index is 5.63. The quantitative estimate of drug-likeness (QED) is 0.669. The predicted molar refractivity (Wildman–Crippen MR) is 48.3 cm³/mol. The summed E-state index contributed by atoms with van der Waals surface area (Å²) in [4.78, 5) is 0. The lowest BCUT2D eigenvalue weighted by Crippen LogP contribution is -2.45. The van der Waals surface area contributed by atoms with Gasteiger partial charge >= 0.3 is 0 Å². The van der Waals surface area contributed by atoms with Crippen LogP contribution in [0.2, 0.25) is 0 Å². The minimum absolute atomic E-state index is 0.0425. The summed E-state index contributed by atoms with van der Waals surface area (Å²) in [6, 6.07) is 0.373. The van der Waals surface area contributed by atoms with Crippen LogP contribution in [0.3, 0.4) is 0 Å². The molecular weight excluding hydrogens is 154 g/mol. The second-order valence-electron chi connectivity index (χ2n) is 4.15. The van der Waals surface area contributed by atoms with E-state index in [2.05, 4.69) is 26.1 Å². The van der Waals surface area contributed by atoms with E-state index in [-0.39, 0.29) is 5.60 Å². The number of rotatable bonds is 2. The summed E-state index contributed by atoms with van der Waals surface area (Å²) in [7, 11) is 0. The molecule has 3 heteroatoms. The first-order chi connectivity index (χ1) is 5.58. The summed E-state index contributed by atoms with van der Waals surface area (Å²) in [5.41, 5.74) is -0.0425. The van der Waals surface area contributed by atoms with E-state index in [1.165, 1.54) is 0 Å². The second kappa shape index (κ2) is 4.21. The molecule has 0 radical (unpaired) electrons. The molecule has 1 saturated heterocycles. The molecule has 1 fully saturated rings. The average molecular weight is 173 g/mol. The maximum Gasteiger partial charge on any atom is 0.0649 e. The van der Waals surface area contributed by atoms with E-state index >= 15 is 0 Å². The van der Waals surface area contributed by atoms with Crippen LogP contribution in [0, 0.1) is 0 Å². The molecule has 72 valence electrons. The van der Waals surface area contributed by atoms with Gasteiger partial charge in [0.2, 0.25) is 0 Å². The van der Waals surface area contributed by atoms with Crippen LogP contribution in [0.4, 0.5) is 0 Å². The Bertz CT molecular complexity index is 125. The van der Waals surface area contributed by atoms with E-state index in [4.69, 9.17) is 9.47 Å². The van der Waals surface area contributed by atoms with E-state index in [1.54, 1.807) is 0 Å². The molecule has 1 atom stereocenters. The Morgan fingerprint density at radius 3 is 2.75 bits per heavy atom. The normalized spacial score (nSPS) is 25.8. The van der Waals surface area contributed by atoms with Gasteiger partial charge in [0.05, 0.1) is 31.5 Å². The van der Waals surface area contributed by atoms with Gasteiger partial charge in [0, 0.05) is 6.54 Å². The molecule has 3 nitrogen and oxygen atoms in total. The molecule has 1 aliphatic heterocycles. The van der Waals surface area contributed by atoms with Crippen molar-refractivity contribution in [2.45, 2.75) is 32.4 Å². The van der Waals surface area contributed by atoms with Crippen molar-refractivity contribution in [3.8, 4) is 0 Å². The molecule has 0 bridgehead atoms. The number of nitrogens with one attached hydrogen (secondary N) is 1. The van der Waals surface area contributed by atoms with E-state index in [0.717, 1.165) is 26.4 Å². The van der Waals surface area contributed by atoms with Crippen LogP contribution in [0.25, 0.3) is 0 Å². The van der Waals surface area contributed by atoms with Gasteiger partial charge in [-0.05, 0) is 20.8 Å². The van der Waals surface area contributed by atoms with E-state index in [0.29, 0.717) is 6.04 Å². The van der Waals surface area contributed by atoms with Gasteiger partial charge in [0.1, 0.15) is 0 Å². The van der Waals surface area contributed by atoms with Gasteiger partial charge in [-0.1, -0.05) is 0 Å². The third-order valence-corrected chi connectivity index (χ3v) is 1.72. The molecule has 1 heterocycles. The average Bonchev–Trinajstić information content (AvgIpc) is 2.02. The summed E-state index contributed by atoms with van der Waals surface area (Å²) in [6.07, 6.45) is 0. The highest BCUT2D eigenvalue weighted by Crippen LogP contribution is 2.07. The van der Waals surface area contributed by atoms with Gasteiger partial charge < -0.3 is 14.8 Å². The van der Waals surface area contributed by atoms with Crippen molar-refractivity contribution in [3.05, 3.63) is 0 Å². The third kappa shape index (κ3) is 4.04. The number of ether oxygens (including phenoxy) is 2. The van der Waals surface area contributed by atoms with Crippen LogP contribution in [-0.2, 0) is 9.47 Å². The van der Waals surface area contributed by atoms with Crippen LogP contribution in [0.15, 0.2) is 0 Å². The topological polar surface area (TPSA) is 30.5 Å². The van der Waals surface area contributed by atoms with Gasteiger partial charge in [-0.3, -0.25) is 0 Å². The fourth-order valence-electron chi connectivity index (χ4n) is 1.08. The van der Waals surface area contributed by atoms with Gasteiger partial charge in [-0.25, -0.2) is 0 Å². The summed E-state index contributed by atoms with van der Waals surface area (Å²) in [6.45, 7) is 9.48. The molecule has 1 unspecified atom stereocenters. The zero-order valence-corrected chi connectivity index (χ0v) is 8.22. The third-order valence-electron chi connectivity index (χ3n) is 1.72. The first kappa shape index (κ1) is 9.96. The SMILES string of the molecule is CC(C)(C)OCC1COCCN1. The molecule has 0 aromatic rings. The fourth-order valence-corrected chi connectivity index (χ4v) is 1.08. The van der Waals surface area contributed by atoms with Crippen molar-refractivity contribution >= 4 is 0 Å². The van der Waals surface area contributed by atoms with Crippen LogP contribution in [0.5, 0.6) is 0 Å². The summed E-state index contributed by atoms with van der Waals surface area (Å²) in [5, 5.41) is 3.34. The Morgan fingerprint density at radius 2 is 2.25 bits per heavy atom. The van der Waals surface area contributed by atoms with Gasteiger partial charge in [0.25, 0.3) is 0 Å². The summed E-state index contributed by atoms with van der Waals surface area (Å²) in [5.74, 6) is 0. The van der Waals surface area contributed by atoms with Crippen LogP contribution in [0.1, 0.15) is 20.8 Å². The molecule has 12 heavy (non-hydrogen) atoms. The van der Waals surface area contributed by atoms with Crippen molar-refractivity contribution < 1.29 is 9.47 Å². The Hall–Kier alpha value is -0.120. The lowest BCUT2D eigenvalue weighted by molar-refractivity contribution is -0.0380. The van der Waals surface area contributed by atoms with Crippen molar-refractivity contribution in [1.29, 1.82) is 0 Å². The molecule has 0 aromatic carbocycles. The Balaban J connectivity index is 2.13. The number of morpholine rings is 1. The monoisotopic (exact) mass is 173 g/mol. The van der Waals surface area contributed by atoms with Crippen LogP contribution in [-0.4, -0.2) is 38.0 Å². The highest BCUT2D eigenvalue weighted by molar-refractivity contribution is 4.71. The van der Waals surface area contributed by atoms with Gasteiger partial charge in [0.15, 0.2) is 0 Å². The summed E-state index contributed by atoms with van der Waals surface area (Å²) >= 11 is 0. The second-order valence-corrected chi connectivity index (χ2v) is 4.15. The molecule has 1 N–H and O–H groups in total. The maximum atomic E-state index is 5.63. The largest absolute Gasteiger partial charge is 0.378 e. The fraction of sp³-hybridized carbons (Fsp3) is 1.00. The molecule has 0 amide bonds. The van der Waals surface area contributed by atoms with Crippen LogP contribution < -0.4 is 5.32 Å². The number of hydrogen-bond acceptors (Lipinski definition) is 3. The smallest absolute Gasteiger partial charge is 0.0649 e. The first-order valence-corrected chi connectivity index (χ1v) is 4.53. The standard InChI is InChI=1S/C9H19NO2/c1-9(2,3)12-7-8-6-11-5-4-10-8/h8,10H,4-7H2,1-3H3. The molecule has 0 saturated carbocycles. The molecule has 1 rings (SSSR count).